The summed E-state index contributed by atoms with van der Waals surface area (Å²) >= 11 is 0. The fraction of sp³-hybridized carbons (Fsp3) is 0.746. The number of halogens is 10. The van der Waals surface area contributed by atoms with E-state index in [0.29, 0.717) is 96.6 Å². The van der Waals surface area contributed by atoms with E-state index in [0.717, 1.165) is 27.8 Å². The van der Waals surface area contributed by atoms with Crippen LogP contribution in [0.1, 0.15) is 161 Å². The second-order valence-electron chi connectivity index (χ2n) is 28.8. The standard InChI is InChI=1S/C38H45F5O5.C25H33F5O4/c1-32(2)22-47-35(48-23-32)17-14-30-31-27(13-16-34(30,44)21-35)29-15-18-36(45,37(39,40)38(41,42)43)33(29,3)19-28(31)25-9-11-26(12-10-25)46-20-24-7-5-4-6-8-24;1-18(2)13-32-21(33-14-18)10-11-22-17-5-7-19(3)16(15(17)4-8-20(22,12-21)34-22)6-9-23(19,31)24(26,27)25(28,29)30/h4-12,27-29,44-45H,13-23H2,1-3H3;5,15-16,31H,4,6-14H2,1-3H3/t27?,28-,29?,33+,34-,36+;15?,16-,19-,20+,22+,23-/m10/s1. The first-order valence-corrected chi connectivity index (χ1v) is 29.5. The van der Waals surface area contributed by atoms with Crippen molar-refractivity contribution in [1.82, 2.24) is 0 Å². The van der Waals surface area contributed by atoms with Gasteiger partial charge in [0.25, 0.3) is 0 Å². The van der Waals surface area contributed by atoms with Gasteiger partial charge in [0, 0.05) is 53.3 Å². The van der Waals surface area contributed by atoms with Gasteiger partial charge in [-0.25, -0.2) is 0 Å². The summed E-state index contributed by atoms with van der Waals surface area (Å²) < 4.78 is 179. The summed E-state index contributed by atoms with van der Waals surface area (Å²) in [6.07, 6.45) is -5.80. The Morgan fingerprint density at radius 1 is 0.573 bits per heavy atom. The molecule has 2 aromatic rings. The summed E-state index contributed by atoms with van der Waals surface area (Å²) in [5.74, 6) is -13.6. The first-order valence-electron chi connectivity index (χ1n) is 29.5. The topological polar surface area (TPSA) is 119 Å². The number of benzene rings is 2. The molecule has 11 aliphatic rings. The van der Waals surface area contributed by atoms with Crippen LogP contribution in [0.4, 0.5) is 43.9 Å². The van der Waals surface area contributed by atoms with E-state index < -0.39 is 105 Å². The number of epoxide rings is 1. The number of alkyl halides is 10. The molecule has 3 aliphatic heterocycles. The number of fused-ring (bicyclic) bond motifs is 7. The maximum absolute atomic E-state index is 15.4. The van der Waals surface area contributed by atoms with Crippen LogP contribution in [0, 0.1) is 45.3 Å². The van der Waals surface area contributed by atoms with Crippen LogP contribution in [0.2, 0.25) is 0 Å². The summed E-state index contributed by atoms with van der Waals surface area (Å²) in [4.78, 5) is 0. The van der Waals surface area contributed by atoms with Crippen LogP contribution in [-0.2, 0) is 30.3 Å². The number of ether oxygens (including phenoxy) is 6. The van der Waals surface area contributed by atoms with Crippen molar-refractivity contribution in [3.63, 3.8) is 0 Å². The lowest BCUT2D eigenvalue weighted by molar-refractivity contribution is -0.362. The van der Waals surface area contributed by atoms with Crippen LogP contribution in [-0.4, -0.2) is 106 Å². The molecular formula is C63H78F10O9. The van der Waals surface area contributed by atoms with Gasteiger partial charge in [-0.1, -0.05) is 95.7 Å². The molecule has 19 heteroatoms. The second-order valence-corrected chi connectivity index (χ2v) is 28.8. The van der Waals surface area contributed by atoms with E-state index in [2.05, 4.69) is 27.7 Å². The zero-order valence-electron chi connectivity index (χ0n) is 47.6. The molecule has 3 N–H and O–H groups in total. The van der Waals surface area contributed by atoms with E-state index in [-0.39, 0.29) is 54.8 Å². The van der Waals surface area contributed by atoms with Gasteiger partial charge in [-0.2, -0.15) is 43.9 Å². The molecule has 2 aromatic carbocycles. The first kappa shape index (κ1) is 59.1. The van der Waals surface area contributed by atoms with Gasteiger partial charge in [-0.3, -0.25) is 0 Å². The van der Waals surface area contributed by atoms with Gasteiger partial charge in [0.1, 0.15) is 34.8 Å². The smallest absolute Gasteiger partial charge is 0.456 e. The number of allylic oxidation sites excluding steroid dienone is 2. The Hall–Kier alpha value is -3.30. The normalized spacial score (nSPS) is 41.3. The van der Waals surface area contributed by atoms with Crippen molar-refractivity contribution < 1.29 is 87.6 Å². The molecule has 3 unspecified atom stereocenters. The molecule has 9 fully saturated rings. The van der Waals surface area contributed by atoms with Gasteiger partial charge in [-0.05, 0) is 135 Å². The van der Waals surface area contributed by atoms with Crippen LogP contribution in [0.15, 0.2) is 77.4 Å². The Morgan fingerprint density at radius 2 is 1.11 bits per heavy atom. The van der Waals surface area contributed by atoms with E-state index in [1.54, 1.807) is 12.1 Å². The minimum absolute atomic E-state index is 0.0147. The summed E-state index contributed by atoms with van der Waals surface area (Å²) in [5, 5.41) is 34.9. The van der Waals surface area contributed by atoms with Crippen molar-refractivity contribution in [3.8, 4) is 5.75 Å². The summed E-state index contributed by atoms with van der Waals surface area (Å²) in [6, 6.07) is 16.9. The van der Waals surface area contributed by atoms with Crippen LogP contribution >= 0.6 is 0 Å². The average molecular weight is 1170 g/mol. The molecule has 9 nitrogen and oxygen atoms in total. The lowest BCUT2D eigenvalue weighted by atomic mass is 9.49. The fourth-order valence-corrected chi connectivity index (χ4v) is 18.2. The first-order chi connectivity index (χ1) is 38.0. The number of hydrogen-bond donors (Lipinski definition) is 3. The minimum Gasteiger partial charge on any atom is -0.489 e. The molecule has 3 saturated heterocycles. The third-order valence-corrected chi connectivity index (χ3v) is 22.8. The van der Waals surface area contributed by atoms with E-state index in [9.17, 15) is 50.4 Å². The largest absolute Gasteiger partial charge is 0.489 e. The second kappa shape index (κ2) is 18.6. The monoisotopic (exact) mass is 1170 g/mol. The Morgan fingerprint density at radius 3 is 1.68 bits per heavy atom. The molecule has 13 rings (SSSR count). The maximum Gasteiger partial charge on any atom is 0.456 e. The minimum atomic E-state index is -5.90. The highest BCUT2D eigenvalue weighted by atomic mass is 19.4. The highest BCUT2D eigenvalue weighted by molar-refractivity contribution is 5.47. The number of hydrogen-bond acceptors (Lipinski definition) is 9. The molecule has 12 atom stereocenters. The summed E-state index contributed by atoms with van der Waals surface area (Å²) in [7, 11) is 0. The predicted octanol–water partition coefficient (Wildman–Crippen LogP) is 14.0. The SMILES string of the molecule is CC1(C)COC2(CCC3=C4C(CC[C@@]3(O)C2)C2CC[C@@](O)(C(F)(F)C(F)(F)F)[C@@]2(C)C[C@@H]4c2ccc(OCc3ccccc3)cc2)OC1.CC1(C)COC2(CC[C@]34O[C@]3(CCC3C4=CC[C@@]4(C)[C@H]3CC[C@@]4(O)C(F)(F)C(F)(F)F)C2)OC1. The van der Waals surface area contributed by atoms with Crippen molar-refractivity contribution in [2.45, 2.75) is 221 Å². The van der Waals surface area contributed by atoms with E-state index in [4.69, 9.17) is 28.4 Å². The number of aliphatic hydroxyl groups is 3. The average Bonchev–Trinajstić information content (AvgIpc) is 2.38. The van der Waals surface area contributed by atoms with Gasteiger partial charge in [0.05, 0.1) is 32.0 Å². The Balaban J connectivity index is 0.000000172. The van der Waals surface area contributed by atoms with Crippen molar-refractivity contribution in [3.05, 3.63) is 88.5 Å². The molecule has 0 aromatic heterocycles. The van der Waals surface area contributed by atoms with Crippen molar-refractivity contribution in [2.75, 3.05) is 26.4 Å². The van der Waals surface area contributed by atoms with Crippen LogP contribution in [0.3, 0.4) is 0 Å². The highest BCUT2D eigenvalue weighted by Gasteiger charge is 2.83. The van der Waals surface area contributed by atoms with Gasteiger partial charge < -0.3 is 43.7 Å². The van der Waals surface area contributed by atoms with Crippen molar-refractivity contribution >= 4 is 0 Å². The Bertz CT molecular complexity index is 2850. The highest BCUT2D eigenvalue weighted by Crippen LogP contribution is 2.76. The fourth-order valence-electron chi connectivity index (χ4n) is 18.2. The molecule has 0 bridgehead atoms. The third kappa shape index (κ3) is 8.55. The predicted molar refractivity (Wildman–Crippen MR) is 279 cm³/mol. The van der Waals surface area contributed by atoms with Crippen LogP contribution in [0.5, 0.6) is 5.75 Å². The van der Waals surface area contributed by atoms with Gasteiger partial charge in [0.2, 0.25) is 0 Å². The van der Waals surface area contributed by atoms with Crippen LogP contribution < -0.4 is 4.74 Å². The van der Waals surface area contributed by atoms with Crippen molar-refractivity contribution in [1.29, 1.82) is 0 Å². The molecule has 0 amide bonds. The lowest BCUT2D eigenvalue weighted by Gasteiger charge is -2.59. The zero-order valence-corrected chi connectivity index (χ0v) is 47.6. The third-order valence-electron chi connectivity index (χ3n) is 22.8. The quantitative estimate of drug-likeness (QED) is 0.148. The van der Waals surface area contributed by atoms with Crippen LogP contribution in [0.25, 0.3) is 0 Å². The van der Waals surface area contributed by atoms with E-state index in [1.165, 1.54) is 13.8 Å². The maximum atomic E-state index is 15.4. The van der Waals surface area contributed by atoms with Gasteiger partial charge in [-0.15, -0.1) is 0 Å². The Labute approximate surface area is 472 Å². The molecule has 8 aliphatic carbocycles. The molecular weight excluding hydrogens is 1090 g/mol. The summed E-state index contributed by atoms with van der Waals surface area (Å²) in [5.41, 5.74) is -7.54. The molecule has 0 radical (unpaired) electrons. The van der Waals surface area contributed by atoms with Gasteiger partial charge >= 0.3 is 24.2 Å². The van der Waals surface area contributed by atoms with Gasteiger partial charge in [0.15, 0.2) is 11.6 Å². The van der Waals surface area contributed by atoms with Crippen molar-refractivity contribution in [2.24, 2.45) is 45.3 Å². The molecule has 3 heterocycles. The molecule has 82 heavy (non-hydrogen) atoms. The molecule has 454 valence electrons. The van der Waals surface area contributed by atoms with E-state index in [1.807, 2.05) is 48.5 Å². The van der Waals surface area contributed by atoms with E-state index >= 15 is 8.78 Å². The summed E-state index contributed by atoms with van der Waals surface area (Å²) in [6.45, 7) is 13.7. The zero-order chi connectivity index (χ0) is 59.0. The Kier molecular flexibility index (Phi) is 13.4. The molecule has 2 spiro atoms. The number of rotatable bonds is 6. The molecule has 6 saturated carbocycles. The lowest BCUT2D eigenvalue weighted by Crippen LogP contribution is -2.65.